The zero-order valence-electron chi connectivity index (χ0n) is 5.07. The van der Waals surface area contributed by atoms with Crippen LogP contribution in [-0.2, 0) is 0 Å². The van der Waals surface area contributed by atoms with Crippen LogP contribution in [0.4, 0.5) is 0 Å². The molecule has 0 unspecified atom stereocenters. The molecule has 0 heterocycles. The first kappa shape index (κ1) is 4.89. The molecular weight excluding hydrogens is 84.1 g/mol. The quantitative estimate of drug-likeness (QED) is 0.463. The molecule has 1 aliphatic rings. The fraction of sp³-hybridized carbons (Fsp3) is 0.714. The molecule has 0 aromatic rings. The Morgan fingerprint density at radius 2 is 2.29 bits per heavy atom. The maximum atomic E-state index is 2.31. The minimum Gasteiger partial charge on any atom is -0.0809 e. The lowest BCUT2D eigenvalue weighted by Crippen LogP contribution is -1.81. The largest absolute Gasteiger partial charge is 0.0809 e. The van der Waals surface area contributed by atoms with Crippen LogP contribution in [0.1, 0.15) is 26.7 Å². The average Bonchev–Trinajstić information content (AvgIpc) is 2.17. The van der Waals surface area contributed by atoms with Crippen molar-refractivity contribution in [1.29, 1.82) is 0 Å². The molecule has 0 aliphatic heterocycles. The zero-order chi connectivity index (χ0) is 5.28. The van der Waals surface area contributed by atoms with Crippen molar-refractivity contribution in [2.75, 3.05) is 0 Å². The van der Waals surface area contributed by atoms with E-state index in [9.17, 15) is 0 Å². The molecule has 7 heavy (non-hydrogen) atoms. The summed E-state index contributed by atoms with van der Waals surface area (Å²) >= 11 is 0. The van der Waals surface area contributed by atoms with E-state index < -0.39 is 0 Å². The second-order valence-corrected chi connectivity index (χ2v) is 2.66. The molecule has 0 aromatic carbocycles. The number of hydrogen-bond acceptors (Lipinski definition) is 0. The zero-order valence-corrected chi connectivity index (χ0v) is 5.07. The van der Waals surface area contributed by atoms with Crippen molar-refractivity contribution in [2.45, 2.75) is 26.7 Å². The lowest BCUT2D eigenvalue weighted by Gasteiger charge is -1.95. The van der Waals surface area contributed by atoms with E-state index in [0.29, 0.717) is 0 Å². The van der Waals surface area contributed by atoms with E-state index in [1.807, 2.05) is 0 Å². The van der Waals surface area contributed by atoms with Crippen LogP contribution >= 0.6 is 0 Å². The van der Waals surface area contributed by atoms with Crippen LogP contribution in [0.15, 0.2) is 11.6 Å². The SMILES string of the molecule is CC(C)CC1=CC1. The highest BCUT2D eigenvalue weighted by atomic mass is 14.1. The molecule has 0 N–H and O–H groups in total. The van der Waals surface area contributed by atoms with Crippen LogP contribution < -0.4 is 0 Å². The average molecular weight is 96.2 g/mol. The smallest absolute Gasteiger partial charge is 0.0136 e. The Hall–Kier alpha value is -0.260. The summed E-state index contributed by atoms with van der Waals surface area (Å²) in [4.78, 5) is 0. The van der Waals surface area contributed by atoms with Crippen LogP contribution in [0, 0.1) is 5.92 Å². The molecule has 0 bridgehead atoms. The van der Waals surface area contributed by atoms with Gasteiger partial charge in [-0.1, -0.05) is 25.5 Å². The molecule has 0 aromatic heterocycles. The van der Waals surface area contributed by atoms with Gasteiger partial charge in [-0.2, -0.15) is 0 Å². The Morgan fingerprint density at radius 3 is 2.43 bits per heavy atom. The molecule has 0 radical (unpaired) electrons. The van der Waals surface area contributed by atoms with Gasteiger partial charge in [0.1, 0.15) is 0 Å². The van der Waals surface area contributed by atoms with Gasteiger partial charge in [-0.3, -0.25) is 0 Å². The van der Waals surface area contributed by atoms with Crippen LogP contribution in [0.5, 0.6) is 0 Å². The van der Waals surface area contributed by atoms with Crippen molar-refractivity contribution < 1.29 is 0 Å². The highest BCUT2D eigenvalue weighted by molar-refractivity contribution is 5.21. The van der Waals surface area contributed by atoms with Gasteiger partial charge in [0.2, 0.25) is 0 Å². The van der Waals surface area contributed by atoms with Gasteiger partial charge in [0.15, 0.2) is 0 Å². The molecule has 0 atom stereocenters. The topological polar surface area (TPSA) is 0 Å². The second-order valence-electron chi connectivity index (χ2n) is 2.66. The molecular formula is C7H12. The highest BCUT2D eigenvalue weighted by Crippen LogP contribution is 2.25. The van der Waals surface area contributed by atoms with Crippen molar-refractivity contribution >= 4 is 0 Å². The Labute approximate surface area is 45.2 Å². The maximum absolute atomic E-state index is 2.31. The van der Waals surface area contributed by atoms with Gasteiger partial charge < -0.3 is 0 Å². The van der Waals surface area contributed by atoms with Crippen LogP contribution in [-0.4, -0.2) is 0 Å². The molecule has 1 aliphatic carbocycles. The van der Waals surface area contributed by atoms with Crippen molar-refractivity contribution in [3.8, 4) is 0 Å². The van der Waals surface area contributed by atoms with Crippen LogP contribution in [0.2, 0.25) is 0 Å². The molecule has 0 saturated carbocycles. The number of allylic oxidation sites excluding steroid dienone is 2. The summed E-state index contributed by atoms with van der Waals surface area (Å²) in [7, 11) is 0. The van der Waals surface area contributed by atoms with Gasteiger partial charge in [0.05, 0.1) is 0 Å². The first-order valence-electron chi connectivity index (χ1n) is 2.97. The number of rotatable bonds is 2. The third-order valence-corrected chi connectivity index (χ3v) is 1.16. The molecule has 0 amide bonds. The van der Waals surface area contributed by atoms with Gasteiger partial charge in [0.25, 0.3) is 0 Å². The maximum Gasteiger partial charge on any atom is -0.0136 e. The van der Waals surface area contributed by atoms with E-state index >= 15 is 0 Å². The lowest BCUT2D eigenvalue weighted by atomic mass is 10.1. The van der Waals surface area contributed by atoms with E-state index in [1.54, 1.807) is 5.57 Å². The third-order valence-electron chi connectivity index (χ3n) is 1.16. The first-order valence-corrected chi connectivity index (χ1v) is 2.97. The van der Waals surface area contributed by atoms with Gasteiger partial charge in [-0.05, 0) is 18.8 Å². The van der Waals surface area contributed by atoms with E-state index in [4.69, 9.17) is 0 Å². The summed E-state index contributed by atoms with van der Waals surface area (Å²) in [6, 6.07) is 0. The molecule has 0 fully saturated rings. The number of hydrogen-bond donors (Lipinski definition) is 0. The molecule has 0 spiro atoms. The molecule has 0 heteroatoms. The predicted molar refractivity (Wildman–Crippen MR) is 32.2 cm³/mol. The summed E-state index contributed by atoms with van der Waals surface area (Å²) in [6.07, 6.45) is 4.94. The van der Waals surface area contributed by atoms with Gasteiger partial charge >= 0.3 is 0 Å². The Balaban J connectivity index is 2.09. The Morgan fingerprint density at radius 1 is 1.71 bits per heavy atom. The molecule has 0 saturated heterocycles. The van der Waals surface area contributed by atoms with E-state index in [2.05, 4.69) is 19.9 Å². The molecule has 1 rings (SSSR count). The molecule has 40 valence electrons. The van der Waals surface area contributed by atoms with Crippen LogP contribution in [0.3, 0.4) is 0 Å². The minimum atomic E-state index is 0.869. The first-order chi connectivity index (χ1) is 3.29. The Kier molecular flexibility index (Phi) is 1.18. The molecule has 0 nitrogen and oxygen atoms in total. The fourth-order valence-electron chi connectivity index (χ4n) is 0.763. The summed E-state index contributed by atoms with van der Waals surface area (Å²) in [6.45, 7) is 4.53. The fourth-order valence-corrected chi connectivity index (χ4v) is 0.763. The van der Waals surface area contributed by atoms with Crippen molar-refractivity contribution in [1.82, 2.24) is 0 Å². The summed E-state index contributed by atoms with van der Waals surface area (Å²) < 4.78 is 0. The second kappa shape index (κ2) is 1.69. The van der Waals surface area contributed by atoms with Crippen molar-refractivity contribution in [3.05, 3.63) is 11.6 Å². The van der Waals surface area contributed by atoms with Crippen LogP contribution in [0.25, 0.3) is 0 Å². The summed E-state index contributed by atoms with van der Waals surface area (Å²) in [5.41, 5.74) is 1.66. The monoisotopic (exact) mass is 96.1 g/mol. The minimum absolute atomic E-state index is 0.869. The van der Waals surface area contributed by atoms with Gasteiger partial charge in [-0.25, -0.2) is 0 Å². The highest BCUT2D eigenvalue weighted by Gasteiger charge is 2.07. The lowest BCUT2D eigenvalue weighted by molar-refractivity contribution is 0.651. The van der Waals surface area contributed by atoms with Crippen molar-refractivity contribution in [3.63, 3.8) is 0 Å². The van der Waals surface area contributed by atoms with Gasteiger partial charge in [0, 0.05) is 0 Å². The third kappa shape index (κ3) is 1.77. The van der Waals surface area contributed by atoms with Gasteiger partial charge in [-0.15, -0.1) is 0 Å². The van der Waals surface area contributed by atoms with E-state index in [-0.39, 0.29) is 0 Å². The standard InChI is InChI=1S/C7H12/c1-6(2)5-7-3-4-7/h3,6H,4-5H2,1-2H3. The normalized spacial score (nSPS) is 17.3. The summed E-state index contributed by atoms with van der Waals surface area (Å²) in [5.74, 6) is 0.869. The predicted octanol–water partition coefficient (Wildman–Crippen LogP) is 2.36. The summed E-state index contributed by atoms with van der Waals surface area (Å²) in [5, 5.41) is 0. The van der Waals surface area contributed by atoms with E-state index in [1.165, 1.54) is 12.8 Å². The van der Waals surface area contributed by atoms with E-state index in [0.717, 1.165) is 5.92 Å². The van der Waals surface area contributed by atoms with Crippen molar-refractivity contribution in [2.24, 2.45) is 5.92 Å². The Bertz CT molecular complexity index is 88.2.